The zero-order chi connectivity index (χ0) is 13.4. The van der Waals surface area contributed by atoms with Gasteiger partial charge in [-0.2, -0.15) is 0 Å². The maximum atomic E-state index is 5.58. The first-order chi connectivity index (χ1) is 8.74. The predicted octanol–water partition coefficient (Wildman–Crippen LogP) is 0.913. The van der Waals surface area contributed by atoms with Crippen molar-refractivity contribution in [2.45, 2.75) is 39.3 Å². The molecule has 0 aliphatic carbocycles. The molecule has 0 bridgehead atoms. The molecule has 2 N–H and O–H groups in total. The van der Waals surface area contributed by atoms with Crippen LogP contribution in [0.3, 0.4) is 0 Å². The lowest BCUT2D eigenvalue weighted by molar-refractivity contribution is 0.108. The van der Waals surface area contributed by atoms with Crippen LogP contribution in [0.25, 0.3) is 0 Å². The normalized spacial score (nSPS) is 12.9. The third kappa shape index (κ3) is 4.04. The Hall–Kier alpha value is -0.980. The van der Waals surface area contributed by atoms with Crippen molar-refractivity contribution in [2.24, 2.45) is 5.73 Å². The summed E-state index contributed by atoms with van der Waals surface area (Å²) in [7, 11) is 1.69. The van der Waals surface area contributed by atoms with Crippen molar-refractivity contribution in [3.8, 4) is 0 Å². The summed E-state index contributed by atoms with van der Waals surface area (Å²) in [5, 5.41) is 8.36. The minimum atomic E-state index is -0.0198. The number of ether oxygens (including phenoxy) is 2. The number of aromatic nitrogens is 3. The number of aryl methyl sites for hydroxylation is 1. The van der Waals surface area contributed by atoms with Gasteiger partial charge < -0.3 is 15.2 Å². The van der Waals surface area contributed by atoms with Gasteiger partial charge in [-0.15, -0.1) is 5.10 Å². The Balaban J connectivity index is 2.70. The average Bonchev–Trinajstić information content (AvgIpc) is 2.77. The summed E-state index contributed by atoms with van der Waals surface area (Å²) in [5.74, 6) is 0. The van der Waals surface area contributed by atoms with Gasteiger partial charge in [-0.05, 0) is 26.8 Å². The summed E-state index contributed by atoms with van der Waals surface area (Å²) in [6.07, 6.45) is 1.63. The molecule has 0 aliphatic rings. The Morgan fingerprint density at radius 3 is 2.83 bits per heavy atom. The topological polar surface area (TPSA) is 75.2 Å². The monoisotopic (exact) mass is 256 g/mol. The summed E-state index contributed by atoms with van der Waals surface area (Å²) < 4.78 is 12.6. The second-order valence-corrected chi connectivity index (χ2v) is 4.11. The van der Waals surface area contributed by atoms with E-state index >= 15 is 0 Å². The van der Waals surface area contributed by atoms with Crippen LogP contribution >= 0.6 is 0 Å². The molecular weight excluding hydrogens is 232 g/mol. The smallest absolute Gasteiger partial charge is 0.0978 e. The van der Waals surface area contributed by atoms with Crippen LogP contribution in [0.1, 0.15) is 37.8 Å². The lowest BCUT2D eigenvalue weighted by Gasteiger charge is -2.13. The van der Waals surface area contributed by atoms with Crippen molar-refractivity contribution >= 4 is 0 Å². The van der Waals surface area contributed by atoms with Gasteiger partial charge in [0.05, 0.1) is 17.5 Å². The fraction of sp³-hybridized carbons (Fsp3) is 0.833. The molecule has 6 heteroatoms. The molecule has 6 nitrogen and oxygen atoms in total. The molecule has 104 valence electrons. The van der Waals surface area contributed by atoms with Crippen LogP contribution in [-0.4, -0.2) is 41.9 Å². The summed E-state index contributed by atoms with van der Waals surface area (Å²) >= 11 is 0. The van der Waals surface area contributed by atoms with Crippen molar-refractivity contribution < 1.29 is 9.47 Å². The number of nitrogens with zero attached hydrogens (tertiary/aromatic N) is 3. The molecule has 1 aromatic heterocycles. The van der Waals surface area contributed by atoms with Crippen LogP contribution in [0.4, 0.5) is 0 Å². The van der Waals surface area contributed by atoms with Gasteiger partial charge in [0.15, 0.2) is 0 Å². The van der Waals surface area contributed by atoms with Crippen molar-refractivity contribution in [3.05, 3.63) is 11.4 Å². The molecule has 18 heavy (non-hydrogen) atoms. The van der Waals surface area contributed by atoms with E-state index in [2.05, 4.69) is 10.3 Å². The number of rotatable bonds is 9. The molecule has 0 aliphatic heterocycles. The number of hydrogen-bond donors (Lipinski definition) is 1. The van der Waals surface area contributed by atoms with Gasteiger partial charge in [-0.25, -0.2) is 4.68 Å². The third-order valence-electron chi connectivity index (χ3n) is 2.83. The van der Waals surface area contributed by atoms with E-state index in [0.29, 0.717) is 6.54 Å². The lowest BCUT2D eigenvalue weighted by Crippen LogP contribution is -2.13. The standard InChI is InChI=1S/C12H24N4O2/c1-4-18-9-5-8-16-12(10(2)17-3)11(6-7-13)14-15-16/h10H,4-9,13H2,1-3H3. The second-order valence-electron chi connectivity index (χ2n) is 4.11. The minimum Gasteiger partial charge on any atom is -0.382 e. The zero-order valence-corrected chi connectivity index (χ0v) is 11.6. The summed E-state index contributed by atoms with van der Waals surface area (Å²) in [6.45, 7) is 6.84. The molecule has 0 spiro atoms. The first-order valence-corrected chi connectivity index (χ1v) is 6.47. The van der Waals surface area contributed by atoms with E-state index in [4.69, 9.17) is 15.2 Å². The van der Waals surface area contributed by atoms with E-state index in [1.807, 2.05) is 18.5 Å². The highest BCUT2D eigenvalue weighted by Crippen LogP contribution is 2.19. The Kier molecular flexibility index (Phi) is 6.85. The van der Waals surface area contributed by atoms with Crippen LogP contribution in [-0.2, 0) is 22.4 Å². The van der Waals surface area contributed by atoms with Crippen LogP contribution < -0.4 is 5.73 Å². The van der Waals surface area contributed by atoms with Gasteiger partial charge in [0.25, 0.3) is 0 Å². The number of hydrogen-bond acceptors (Lipinski definition) is 5. The fourth-order valence-corrected chi connectivity index (χ4v) is 1.85. The van der Waals surface area contributed by atoms with Crippen LogP contribution in [0, 0.1) is 0 Å². The van der Waals surface area contributed by atoms with Crippen molar-refractivity contribution in [1.29, 1.82) is 0 Å². The largest absolute Gasteiger partial charge is 0.382 e. The van der Waals surface area contributed by atoms with Crippen molar-refractivity contribution in [3.63, 3.8) is 0 Å². The number of nitrogens with two attached hydrogens (primary N) is 1. The minimum absolute atomic E-state index is 0.0198. The molecule has 1 aromatic rings. The quantitative estimate of drug-likeness (QED) is 0.665. The highest BCUT2D eigenvalue weighted by atomic mass is 16.5. The molecule has 1 atom stereocenters. The molecule has 0 amide bonds. The van der Waals surface area contributed by atoms with E-state index in [0.717, 1.165) is 44.0 Å². The Labute approximate surface area is 108 Å². The Bertz CT molecular complexity index is 341. The average molecular weight is 256 g/mol. The highest BCUT2D eigenvalue weighted by molar-refractivity contribution is 5.13. The van der Waals surface area contributed by atoms with E-state index in [-0.39, 0.29) is 6.10 Å². The van der Waals surface area contributed by atoms with Crippen LogP contribution in [0.5, 0.6) is 0 Å². The fourth-order valence-electron chi connectivity index (χ4n) is 1.85. The van der Waals surface area contributed by atoms with Crippen LogP contribution in [0.2, 0.25) is 0 Å². The lowest BCUT2D eigenvalue weighted by atomic mass is 10.1. The Morgan fingerprint density at radius 1 is 1.44 bits per heavy atom. The molecule has 0 saturated heterocycles. The van der Waals surface area contributed by atoms with Gasteiger partial charge >= 0.3 is 0 Å². The molecule has 1 rings (SSSR count). The van der Waals surface area contributed by atoms with Crippen molar-refractivity contribution in [2.75, 3.05) is 26.9 Å². The zero-order valence-electron chi connectivity index (χ0n) is 11.6. The van der Waals surface area contributed by atoms with E-state index in [9.17, 15) is 0 Å². The van der Waals surface area contributed by atoms with E-state index in [1.54, 1.807) is 7.11 Å². The molecule has 0 fully saturated rings. The summed E-state index contributed by atoms with van der Waals surface area (Å²) in [4.78, 5) is 0. The van der Waals surface area contributed by atoms with Gasteiger partial charge in [0, 0.05) is 33.3 Å². The van der Waals surface area contributed by atoms with Gasteiger partial charge in [0.2, 0.25) is 0 Å². The highest BCUT2D eigenvalue weighted by Gasteiger charge is 2.18. The van der Waals surface area contributed by atoms with Crippen LogP contribution in [0.15, 0.2) is 0 Å². The summed E-state index contributed by atoms with van der Waals surface area (Å²) in [5.41, 5.74) is 7.54. The van der Waals surface area contributed by atoms with Gasteiger partial charge in [-0.1, -0.05) is 5.21 Å². The molecule has 0 radical (unpaired) electrons. The van der Waals surface area contributed by atoms with Crippen molar-refractivity contribution in [1.82, 2.24) is 15.0 Å². The molecule has 1 heterocycles. The molecule has 0 aromatic carbocycles. The van der Waals surface area contributed by atoms with Gasteiger partial charge in [-0.3, -0.25) is 0 Å². The summed E-state index contributed by atoms with van der Waals surface area (Å²) in [6, 6.07) is 0. The molecular formula is C12H24N4O2. The van der Waals surface area contributed by atoms with E-state index < -0.39 is 0 Å². The van der Waals surface area contributed by atoms with Gasteiger partial charge in [0.1, 0.15) is 0 Å². The SMILES string of the molecule is CCOCCCn1nnc(CCN)c1C(C)OC. The first-order valence-electron chi connectivity index (χ1n) is 6.47. The predicted molar refractivity (Wildman–Crippen MR) is 69.3 cm³/mol. The molecule has 1 unspecified atom stereocenters. The Morgan fingerprint density at radius 2 is 2.22 bits per heavy atom. The maximum absolute atomic E-state index is 5.58. The first kappa shape index (κ1) is 15.1. The van der Waals surface area contributed by atoms with E-state index in [1.165, 1.54) is 0 Å². The molecule has 0 saturated carbocycles. The second kappa shape index (κ2) is 8.18. The maximum Gasteiger partial charge on any atom is 0.0978 e. The number of methoxy groups -OCH3 is 1. The third-order valence-corrected chi connectivity index (χ3v) is 2.83.